The summed E-state index contributed by atoms with van der Waals surface area (Å²) in [5.74, 6) is -0.513. The van der Waals surface area contributed by atoms with E-state index in [1.165, 1.54) is 0 Å². The van der Waals surface area contributed by atoms with Crippen LogP contribution in [0.4, 0.5) is 5.69 Å². The number of halogens is 1. The van der Waals surface area contributed by atoms with Gasteiger partial charge in [-0.05, 0) is 42.0 Å². The fourth-order valence-electron chi connectivity index (χ4n) is 2.81. The molecule has 0 bridgehead atoms. The van der Waals surface area contributed by atoms with Gasteiger partial charge in [-0.25, -0.2) is 0 Å². The molecule has 0 saturated carbocycles. The van der Waals surface area contributed by atoms with Gasteiger partial charge in [-0.15, -0.1) is 0 Å². The molecule has 2 N–H and O–H groups in total. The van der Waals surface area contributed by atoms with E-state index in [9.17, 15) is 4.79 Å². The molecule has 0 spiro atoms. The Morgan fingerprint density at radius 1 is 1.13 bits per heavy atom. The second-order valence-electron chi connectivity index (χ2n) is 5.87. The van der Waals surface area contributed by atoms with Crippen LogP contribution < -0.4 is 5.32 Å². The maximum Gasteiger partial charge on any atom is 0.303 e. The van der Waals surface area contributed by atoms with Crippen LogP contribution in [-0.4, -0.2) is 17.6 Å². The van der Waals surface area contributed by atoms with Crippen molar-refractivity contribution >= 4 is 23.3 Å². The molecular formula is C19H22ClNO2. The predicted octanol–water partition coefficient (Wildman–Crippen LogP) is 5.04. The third-order valence-electron chi connectivity index (χ3n) is 3.95. The van der Waals surface area contributed by atoms with Crippen molar-refractivity contribution in [3.05, 3.63) is 65.2 Å². The molecule has 0 aliphatic heterocycles. The minimum atomic E-state index is -0.767. The highest BCUT2D eigenvalue weighted by Gasteiger charge is 2.19. The van der Waals surface area contributed by atoms with Gasteiger partial charge in [-0.3, -0.25) is 4.79 Å². The third kappa shape index (κ3) is 5.61. The van der Waals surface area contributed by atoms with Gasteiger partial charge >= 0.3 is 5.97 Å². The lowest BCUT2D eigenvalue weighted by atomic mass is 9.88. The summed E-state index contributed by atoms with van der Waals surface area (Å²) in [5, 5.41) is 13.2. The number of rotatable bonds is 8. The molecule has 2 aromatic carbocycles. The van der Waals surface area contributed by atoms with E-state index >= 15 is 0 Å². The van der Waals surface area contributed by atoms with Crippen LogP contribution in [0, 0.1) is 5.92 Å². The van der Waals surface area contributed by atoms with E-state index in [0.717, 1.165) is 22.7 Å². The highest BCUT2D eigenvalue weighted by atomic mass is 35.5. The van der Waals surface area contributed by atoms with Crippen molar-refractivity contribution in [1.82, 2.24) is 0 Å². The minimum absolute atomic E-state index is 0.0407. The van der Waals surface area contributed by atoms with Gasteiger partial charge in [0, 0.05) is 23.7 Å². The number of anilines is 1. The number of hydrogen-bond donors (Lipinski definition) is 2. The second-order valence-corrected chi connectivity index (χ2v) is 6.28. The molecule has 0 fully saturated rings. The Morgan fingerprint density at radius 2 is 1.78 bits per heavy atom. The van der Waals surface area contributed by atoms with Gasteiger partial charge in [0.2, 0.25) is 0 Å². The lowest BCUT2D eigenvalue weighted by molar-refractivity contribution is -0.138. The first-order valence-electron chi connectivity index (χ1n) is 7.81. The van der Waals surface area contributed by atoms with E-state index in [2.05, 4.69) is 12.2 Å². The molecule has 0 radical (unpaired) electrons. The molecule has 0 aliphatic rings. The highest BCUT2D eigenvalue weighted by molar-refractivity contribution is 6.31. The molecule has 2 unspecified atom stereocenters. The molecule has 0 heterocycles. The summed E-state index contributed by atoms with van der Waals surface area (Å²) < 4.78 is 0. The van der Waals surface area contributed by atoms with Crippen molar-refractivity contribution < 1.29 is 9.90 Å². The van der Waals surface area contributed by atoms with Crippen LogP contribution in [0.2, 0.25) is 5.02 Å². The topological polar surface area (TPSA) is 49.3 Å². The number of hydrogen-bond acceptors (Lipinski definition) is 2. The monoisotopic (exact) mass is 331 g/mol. The Morgan fingerprint density at radius 3 is 2.43 bits per heavy atom. The Labute approximate surface area is 142 Å². The van der Waals surface area contributed by atoms with Gasteiger partial charge in [0.05, 0.1) is 0 Å². The Hall–Kier alpha value is -2.00. The number of carbonyl (C=O) groups is 1. The van der Waals surface area contributed by atoms with Gasteiger partial charge in [-0.1, -0.05) is 54.9 Å². The van der Waals surface area contributed by atoms with Crippen LogP contribution in [0.1, 0.15) is 31.2 Å². The number of carboxylic acid groups (broad SMARTS) is 1. The van der Waals surface area contributed by atoms with E-state index in [0.29, 0.717) is 6.54 Å². The molecule has 122 valence electrons. The first kappa shape index (κ1) is 17.4. The van der Waals surface area contributed by atoms with Crippen LogP contribution in [0.3, 0.4) is 0 Å². The van der Waals surface area contributed by atoms with E-state index in [1.807, 2.05) is 54.6 Å². The van der Waals surface area contributed by atoms with Crippen molar-refractivity contribution in [2.45, 2.75) is 25.7 Å². The van der Waals surface area contributed by atoms with Crippen molar-refractivity contribution in [3.63, 3.8) is 0 Å². The van der Waals surface area contributed by atoms with E-state index in [1.54, 1.807) is 0 Å². The molecule has 2 aromatic rings. The third-order valence-corrected chi connectivity index (χ3v) is 4.30. The van der Waals surface area contributed by atoms with Gasteiger partial charge in [0.1, 0.15) is 0 Å². The number of para-hydroxylation sites is 1. The zero-order chi connectivity index (χ0) is 16.7. The summed E-state index contributed by atoms with van der Waals surface area (Å²) >= 11 is 6.25. The summed E-state index contributed by atoms with van der Waals surface area (Å²) in [7, 11) is 0. The number of benzene rings is 2. The standard InChI is InChI=1S/C19H22ClNO2/c1-14(17-9-5-6-10-18(17)20)11-15(12-19(22)23)13-21-16-7-3-2-4-8-16/h2-10,14-15,21H,11-13H2,1H3,(H,22,23). The summed E-state index contributed by atoms with van der Waals surface area (Å²) in [4.78, 5) is 11.2. The van der Waals surface area contributed by atoms with Gasteiger partial charge in [0.15, 0.2) is 0 Å². The largest absolute Gasteiger partial charge is 0.481 e. The van der Waals surface area contributed by atoms with E-state index in [4.69, 9.17) is 16.7 Å². The number of aliphatic carboxylic acids is 1. The summed E-state index contributed by atoms with van der Waals surface area (Å²) in [6.45, 7) is 2.73. The first-order valence-corrected chi connectivity index (χ1v) is 8.19. The molecule has 3 nitrogen and oxygen atoms in total. The maximum atomic E-state index is 11.2. The van der Waals surface area contributed by atoms with Crippen molar-refractivity contribution in [2.75, 3.05) is 11.9 Å². The van der Waals surface area contributed by atoms with Crippen LogP contribution >= 0.6 is 11.6 Å². The molecule has 0 amide bonds. The average Bonchev–Trinajstić information content (AvgIpc) is 2.53. The van der Waals surface area contributed by atoms with E-state index < -0.39 is 5.97 Å². The zero-order valence-electron chi connectivity index (χ0n) is 13.2. The molecule has 0 aliphatic carbocycles. The average molecular weight is 332 g/mol. The Bertz CT molecular complexity index is 630. The molecule has 23 heavy (non-hydrogen) atoms. The second kappa shape index (κ2) is 8.59. The Kier molecular flexibility index (Phi) is 6.48. The number of carboxylic acids is 1. The first-order chi connectivity index (χ1) is 11.1. The summed E-state index contributed by atoms with van der Waals surface area (Å²) in [6, 6.07) is 17.6. The quantitative estimate of drug-likeness (QED) is 0.712. The minimum Gasteiger partial charge on any atom is -0.481 e. The van der Waals surface area contributed by atoms with Crippen LogP contribution in [0.5, 0.6) is 0 Å². The lowest BCUT2D eigenvalue weighted by Crippen LogP contribution is -2.20. The van der Waals surface area contributed by atoms with Crippen LogP contribution in [-0.2, 0) is 4.79 Å². The van der Waals surface area contributed by atoms with Gasteiger partial charge < -0.3 is 10.4 Å². The fourth-order valence-corrected chi connectivity index (χ4v) is 3.13. The van der Waals surface area contributed by atoms with Crippen molar-refractivity contribution in [2.24, 2.45) is 5.92 Å². The van der Waals surface area contributed by atoms with Crippen molar-refractivity contribution in [1.29, 1.82) is 0 Å². The summed E-state index contributed by atoms with van der Waals surface area (Å²) in [5.41, 5.74) is 2.08. The molecular weight excluding hydrogens is 310 g/mol. The van der Waals surface area contributed by atoms with Gasteiger partial charge in [0.25, 0.3) is 0 Å². The fraction of sp³-hybridized carbons (Fsp3) is 0.316. The Balaban J connectivity index is 2.00. The normalized spacial score (nSPS) is 13.3. The smallest absolute Gasteiger partial charge is 0.303 e. The molecule has 2 atom stereocenters. The lowest BCUT2D eigenvalue weighted by Gasteiger charge is -2.21. The SMILES string of the molecule is CC(CC(CNc1ccccc1)CC(=O)O)c1ccccc1Cl. The summed E-state index contributed by atoms with van der Waals surface area (Å²) in [6.07, 6.45) is 0.921. The zero-order valence-corrected chi connectivity index (χ0v) is 14.0. The predicted molar refractivity (Wildman–Crippen MR) is 95.2 cm³/mol. The van der Waals surface area contributed by atoms with E-state index in [-0.39, 0.29) is 18.3 Å². The highest BCUT2D eigenvalue weighted by Crippen LogP contribution is 2.30. The molecule has 0 saturated heterocycles. The van der Waals surface area contributed by atoms with Crippen LogP contribution in [0.25, 0.3) is 0 Å². The molecule has 4 heteroatoms. The van der Waals surface area contributed by atoms with Crippen LogP contribution in [0.15, 0.2) is 54.6 Å². The number of nitrogens with one attached hydrogen (secondary N) is 1. The molecule has 2 rings (SSSR count). The van der Waals surface area contributed by atoms with Gasteiger partial charge in [-0.2, -0.15) is 0 Å². The molecule has 0 aromatic heterocycles. The maximum absolute atomic E-state index is 11.2. The van der Waals surface area contributed by atoms with Crippen molar-refractivity contribution in [3.8, 4) is 0 Å².